The van der Waals surface area contributed by atoms with E-state index in [-0.39, 0.29) is 11.6 Å². The minimum absolute atomic E-state index is 0.343. The number of halogens is 2. The van der Waals surface area contributed by atoms with E-state index in [0.717, 1.165) is 16.7 Å². The van der Waals surface area contributed by atoms with Crippen molar-refractivity contribution >= 4 is 17.8 Å². The molecule has 0 amide bonds. The third kappa shape index (κ3) is 3.98. The summed E-state index contributed by atoms with van der Waals surface area (Å²) in [5, 5.41) is 31.9. The number of hydrazine groups is 1. The summed E-state index contributed by atoms with van der Waals surface area (Å²) in [6.07, 6.45) is -1.13. The van der Waals surface area contributed by atoms with E-state index >= 15 is 0 Å². The molecule has 33 heavy (non-hydrogen) atoms. The lowest BCUT2D eigenvalue weighted by Gasteiger charge is -2.26. The number of hydrogen-bond acceptors (Lipinski definition) is 7. The minimum atomic E-state index is -1.27. The van der Waals surface area contributed by atoms with Crippen molar-refractivity contribution in [1.82, 2.24) is 9.58 Å². The summed E-state index contributed by atoms with van der Waals surface area (Å²) in [6, 6.07) is 11.9. The fourth-order valence-electron chi connectivity index (χ4n) is 4.13. The molecule has 2 aromatic carbocycles. The average Bonchev–Trinajstić information content (AvgIpc) is 3.33. The summed E-state index contributed by atoms with van der Waals surface area (Å²) < 4.78 is 34.1. The van der Waals surface area contributed by atoms with Gasteiger partial charge in [0.15, 0.2) is 6.23 Å². The largest absolute Gasteiger partial charge is 0.394 e. The van der Waals surface area contributed by atoms with Gasteiger partial charge in [0, 0.05) is 17.3 Å². The van der Waals surface area contributed by atoms with E-state index < -0.39 is 31.1 Å². The van der Waals surface area contributed by atoms with Gasteiger partial charge in [-0.15, -0.1) is 0 Å². The molecular formula is C23H22F2N4O4. The second-order valence-corrected chi connectivity index (χ2v) is 7.98. The zero-order valence-corrected chi connectivity index (χ0v) is 17.3. The Labute approximate surface area is 188 Å². The van der Waals surface area contributed by atoms with Gasteiger partial charge in [0.1, 0.15) is 42.1 Å². The molecule has 4 N–H and O–H groups in total. The van der Waals surface area contributed by atoms with Gasteiger partial charge >= 0.3 is 0 Å². The molecule has 3 aromatic rings. The van der Waals surface area contributed by atoms with Crippen molar-refractivity contribution in [3.63, 3.8) is 0 Å². The summed E-state index contributed by atoms with van der Waals surface area (Å²) in [6.45, 7) is -0.0909. The Morgan fingerprint density at radius 2 is 1.67 bits per heavy atom. The first kappa shape index (κ1) is 21.5. The molecule has 1 saturated heterocycles. The highest BCUT2D eigenvalue weighted by Crippen LogP contribution is 2.41. The maximum atomic E-state index is 13.5. The van der Waals surface area contributed by atoms with Crippen LogP contribution in [0.1, 0.15) is 11.8 Å². The van der Waals surface area contributed by atoms with E-state index in [1.165, 1.54) is 24.3 Å². The fraction of sp³-hybridized carbons (Fsp3) is 0.261. The molecule has 0 aliphatic carbocycles. The van der Waals surface area contributed by atoms with Crippen molar-refractivity contribution in [2.24, 2.45) is 4.99 Å². The fourth-order valence-corrected chi connectivity index (χ4v) is 4.13. The first-order valence-electron chi connectivity index (χ1n) is 10.4. The van der Waals surface area contributed by atoms with Crippen LogP contribution in [-0.2, 0) is 11.3 Å². The highest BCUT2D eigenvalue weighted by atomic mass is 19.1. The lowest BCUT2D eigenvalue weighted by molar-refractivity contribution is -0.0518. The number of aromatic nitrogens is 1. The molecule has 0 spiro atoms. The Bertz CT molecular complexity index is 1170. The molecule has 3 heterocycles. The summed E-state index contributed by atoms with van der Waals surface area (Å²) in [5.74, 6) is -0.209. The predicted molar refractivity (Wildman–Crippen MR) is 117 cm³/mol. The first-order valence-corrected chi connectivity index (χ1v) is 10.4. The Balaban J connectivity index is 1.52. The number of rotatable bonds is 5. The zero-order valence-electron chi connectivity index (χ0n) is 17.3. The molecule has 2 aliphatic heterocycles. The molecule has 1 aromatic heterocycles. The SMILES string of the molecule is OC[C@H]1O[C@@H](n2cc(-c3ccc(F)cc3)c3c2N=CN(Nc2ccc(F)cc2)C3)[C@H](O)[C@@H]1O. The van der Waals surface area contributed by atoms with Crippen molar-refractivity contribution in [1.29, 1.82) is 0 Å². The normalized spacial score (nSPS) is 24.2. The molecule has 8 nitrogen and oxygen atoms in total. The lowest BCUT2D eigenvalue weighted by Crippen LogP contribution is -2.33. The molecule has 0 radical (unpaired) electrons. The van der Waals surface area contributed by atoms with Crippen molar-refractivity contribution in [2.45, 2.75) is 31.1 Å². The van der Waals surface area contributed by atoms with Gasteiger partial charge in [-0.05, 0) is 42.0 Å². The second-order valence-electron chi connectivity index (χ2n) is 7.98. The Morgan fingerprint density at radius 1 is 1.00 bits per heavy atom. The number of fused-ring (bicyclic) bond motifs is 1. The quantitative estimate of drug-likeness (QED) is 0.471. The monoisotopic (exact) mass is 456 g/mol. The van der Waals surface area contributed by atoms with E-state index in [2.05, 4.69) is 10.4 Å². The first-order chi connectivity index (χ1) is 15.9. The molecule has 0 saturated carbocycles. The average molecular weight is 456 g/mol. The number of aliphatic imine (C=N–C) groups is 1. The molecular weight excluding hydrogens is 434 g/mol. The van der Waals surface area contributed by atoms with Crippen LogP contribution in [0.5, 0.6) is 0 Å². The number of nitrogens with zero attached hydrogens (tertiary/aromatic N) is 3. The number of hydrogen-bond donors (Lipinski definition) is 4. The molecule has 0 bridgehead atoms. The van der Waals surface area contributed by atoms with Gasteiger partial charge in [-0.25, -0.2) is 13.8 Å². The lowest BCUT2D eigenvalue weighted by atomic mass is 10.0. The second kappa shape index (κ2) is 8.56. The Kier molecular flexibility index (Phi) is 5.59. The standard InChI is InChI=1S/C23H22F2N4O4/c24-14-3-1-13(2-4-14)17-10-29(23-21(32)20(31)19(11-30)33-23)22-18(17)9-28(12-26-22)27-16-7-5-15(25)6-8-16/h1-8,10,12,19-21,23,27,30-32H,9,11H2/t19-,20-,21-,23-/m1/s1. The highest BCUT2D eigenvalue weighted by molar-refractivity contribution is 5.77. The van der Waals surface area contributed by atoms with Crippen LogP contribution in [0.3, 0.4) is 0 Å². The maximum absolute atomic E-state index is 13.5. The van der Waals surface area contributed by atoms with Crippen LogP contribution in [-0.4, -0.2) is 56.2 Å². The van der Waals surface area contributed by atoms with E-state index in [1.807, 2.05) is 0 Å². The third-order valence-electron chi connectivity index (χ3n) is 5.82. The van der Waals surface area contributed by atoms with E-state index in [9.17, 15) is 24.1 Å². The van der Waals surface area contributed by atoms with Crippen LogP contribution < -0.4 is 5.43 Å². The maximum Gasteiger partial charge on any atom is 0.164 e. The van der Waals surface area contributed by atoms with Gasteiger partial charge in [-0.1, -0.05) is 12.1 Å². The van der Waals surface area contributed by atoms with Crippen LogP contribution >= 0.6 is 0 Å². The summed E-state index contributed by atoms with van der Waals surface area (Å²) in [5.41, 5.74) is 6.06. The number of aliphatic hydroxyl groups is 3. The molecule has 10 heteroatoms. The molecule has 172 valence electrons. The van der Waals surface area contributed by atoms with Gasteiger partial charge in [-0.2, -0.15) is 0 Å². The van der Waals surface area contributed by atoms with Crippen molar-refractivity contribution in [3.05, 3.63) is 71.9 Å². The number of anilines is 1. The van der Waals surface area contributed by atoms with Gasteiger partial charge in [0.05, 0.1) is 18.8 Å². The van der Waals surface area contributed by atoms with Crippen LogP contribution in [0.2, 0.25) is 0 Å². The minimum Gasteiger partial charge on any atom is -0.394 e. The van der Waals surface area contributed by atoms with Gasteiger partial charge in [-0.3, -0.25) is 10.4 Å². The van der Waals surface area contributed by atoms with Gasteiger partial charge in [0.2, 0.25) is 0 Å². The zero-order chi connectivity index (χ0) is 23.1. The van der Waals surface area contributed by atoms with Crippen LogP contribution in [0.25, 0.3) is 11.1 Å². The van der Waals surface area contributed by atoms with E-state index in [1.54, 1.807) is 46.4 Å². The predicted octanol–water partition coefficient (Wildman–Crippen LogP) is 2.55. The number of ether oxygens (including phenoxy) is 1. The topological polar surface area (TPSA) is 102 Å². The summed E-state index contributed by atoms with van der Waals surface area (Å²) in [7, 11) is 0. The van der Waals surface area contributed by atoms with Crippen molar-refractivity contribution in [3.8, 4) is 11.1 Å². The van der Waals surface area contributed by atoms with Crippen LogP contribution in [0, 0.1) is 11.6 Å². The van der Waals surface area contributed by atoms with Crippen LogP contribution in [0.15, 0.2) is 59.7 Å². The number of benzene rings is 2. The van der Waals surface area contributed by atoms with Gasteiger partial charge in [0.25, 0.3) is 0 Å². The molecule has 0 unspecified atom stereocenters. The van der Waals surface area contributed by atoms with E-state index in [4.69, 9.17) is 4.74 Å². The summed E-state index contributed by atoms with van der Waals surface area (Å²) in [4.78, 5) is 4.52. The highest BCUT2D eigenvalue weighted by Gasteiger charge is 2.44. The van der Waals surface area contributed by atoms with Crippen molar-refractivity contribution in [2.75, 3.05) is 12.0 Å². The third-order valence-corrected chi connectivity index (χ3v) is 5.82. The molecule has 2 aliphatic rings. The van der Waals surface area contributed by atoms with E-state index in [0.29, 0.717) is 18.1 Å². The van der Waals surface area contributed by atoms with Crippen molar-refractivity contribution < 1.29 is 28.8 Å². The molecule has 1 fully saturated rings. The van der Waals surface area contributed by atoms with Crippen LogP contribution in [0.4, 0.5) is 20.3 Å². The molecule has 4 atom stereocenters. The number of aliphatic hydroxyl groups excluding tert-OH is 3. The Hall–Kier alpha value is -3.31. The Morgan fingerprint density at radius 3 is 2.30 bits per heavy atom. The smallest absolute Gasteiger partial charge is 0.164 e. The summed E-state index contributed by atoms with van der Waals surface area (Å²) >= 11 is 0. The number of nitrogens with one attached hydrogen (secondary N) is 1. The van der Waals surface area contributed by atoms with Gasteiger partial charge < -0.3 is 24.6 Å². The molecule has 5 rings (SSSR count).